The average Bonchev–Trinajstić information content (AvgIpc) is 1.94. The molecule has 0 spiro atoms. The standard InChI is InChI=1S/C8H10O4S/c1-6-4-7(2-3-8(6)9)5-13(10,11)12/h2-4,9H,5H2,1H3,(H,10,11,12). The minimum Gasteiger partial charge on any atom is -0.508 e. The molecule has 0 aliphatic carbocycles. The monoisotopic (exact) mass is 202 g/mol. The van der Waals surface area contributed by atoms with E-state index in [0.29, 0.717) is 11.1 Å². The van der Waals surface area contributed by atoms with Gasteiger partial charge in [0.05, 0.1) is 0 Å². The molecule has 0 aromatic heterocycles. The van der Waals surface area contributed by atoms with Crippen molar-refractivity contribution in [3.8, 4) is 5.75 Å². The van der Waals surface area contributed by atoms with Crippen molar-refractivity contribution < 1.29 is 18.1 Å². The van der Waals surface area contributed by atoms with Gasteiger partial charge in [0.2, 0.25) is 0 Å². The van der Waals surface area contributed by atoms with Crippen LogP contribution in [0.4, 0.5) is 0 Å². The highest BCUT2D eigenvalue weighted by molar-refractivity contribution is 7.85. The molecule has 0 fully saturated rings. The first-order valence-electron chi connectivity index (χ1n) is 3.62. The fourth-order valence-corrected chi connectivity index (χ4v) is 1.62. The first-order chi connectivity index (χ1) is 5.88. The highest BCUT2D eigenvalue weighted by Crippen LogP contribution is 2.17. The molecule has 4 nitrogen and oxygen atoms in total. The molecule has 0 radical (unpaired) electrons. The van der Waals surface area contributed by atoms with Crippen molar-refractivity contribution in [2.24, 2.45) is 0 Å². The van der Waals surface area contributed by atoms with E-state index in [1.165, 1.54) is 18.2 Å². The van der Waals surface area contributed by atoms with E-state index < -0.39 is 15.9 Å². The van der Waals surface area contributed by atoms with E-state index in [2.05, 4.69) is 0 Å². The summed E-state index contributed by atoms with van der Waals surface area (Å²) < 4.78 is 29.5. The maximum atomic E-state index is 10.5. The summed E-state index contributed by atoms with van der Waals surface area (Å²) in [4.78, 5) is 0. The zero-order valence-corrected chi connectivity index (χ0v) is 7.87. The van der Waals surface area contributed by atoms with Gasteiger partial charge in [-0.05, 0) is 24.1 Å². The van der Waals surface area contributed by atoms with Gasteiger partial charge >= 0.3 is 0 Å². The first kappa shape index (κ1) is 10.0. The quantitative estimate of drug-likeness (QED) is 0.704. The fraction of sp³-hybridized carbons (Fsp3) is 0.250. The van der Waals surface area contributed by atoms with Gasteiger partial charge in [-0.25, -0.2) is 0 Å². The second-order valence-corrected chi connectivity index (χ2v) is 4.30. The minimum absolute atomic E-state index is 0.110. The number of rotatable bonds is 2. The van der Waals surface area contributed by atoms with E-state index in [1.54, 1.807) is 6.92 Å². The molecule has 5 heteroatoms. The molecule has 0 aliphatic heterocycles. The second kappa shape index (κ2) is 3.35. The molecule has 0 atom stereocenters. The van der Waals surface area contributed by atoms with Crippen molar-refractivity contribution in [2.45, 2.75) is 12.7 Å². The van der Waals surface area contributed by atoms with Gasteiger partial charge in [-0.15, -0.1) is 0 Å². The van der Waals surface area contributed by atoms with Crippen LogP contribution in [0.1, 0.15) is 11.1 Å². The number of hydrogen-bond acceptors (Lipinski definition) is 3. The van der Waals surface area contributed by atoms with Gasteiger partial charge in [0.15, 0.2) is 0 Å². The van der Waals surface area contributed by atoms with Crippen molar-refractivity contribution in [3.63, 3.8) is 0 Å². The number of phenols is 1. The van der Waals surface area contributed by atoms with Gasteiger partial charge in [0.1, 0.15) is 11.5 Å². The maximum Gasteiger partial charge on any atom is 0.269 e. The number of benzene rings is 1. The Bertz CT molecular complexity index is 408. The van der Waals surface area contributed by atoms with E-state index in [1.807, 2.05) is 0 Å². The van der Waals surface area contributed by atoms with E-state index in [4.69, 9.17) is 9.66 Å². The molecule has 0 saturated carbocycles. The van der Waals surface area contributed by atoms with Crippen molar-refractivity contribution in [1.29, 1.82) is 0 Å². The molecule has 72 valence electrons. The van der Waals surface area contributed by atoms with Crippen molar-refractivity contribution in [1.82, 2.24) is 0 Å². The third-order valence-electron chi connectivity index (χ3n) is 1.61. The summed E-state index contributed by atoms with van der Waals surface area (Å²) >= 11 is 0. The van der Waals surface area contributed by atoms with E-state index in [-0.39, 0.29) is 5.75 Å². The van der Waals surface area contributed by atoms with Crippen LogP contribution in [0.15, 0.2) is 18.2 Å². The molecular formula is C8H10O4S. The van der Waals surface area contributed by atoms with Crippen LogP contribution in [0.25, 0.3) is 0 Å². The van der Waals surface area contributed by atoms with Crippen LogP contribution in [-0.2, 0) is 15.9 Å². The normalized spacial score (nSPS) is 11.5. The van der Waals surface area contributed by atoms with E-state index in [0.717, 1.165) is 0 Å². The number of aromatic hydroxyl groups is 1. The summed E-state index contributed by atoms with van der Waals surface area (Å²) in [6.45, 7) is 1.66. The lowest BCUT2D eigenvalue weighted by Gasteiger charge is -2.01. The van der Waals surface area contributed by atoms with Crippen LogP contribution in [-0.4, -0.2) is 18.1 Å². The summed E-state index contributed by atoms with van der Waals surface area (Å²) in [6.07, 6.45) is 0. The molecule has 1 aromatic carbocycles. The predicted octanol–water partition coefficient (Wildman–Crippen LogP) is 1.09. The smallest absolute Gasteiger partial charge is 0.269 e. The molecule has 0 aliphatic rings. The summed E-state index contributed by atoms with van der Waals surface area (Å²) in [5, 5.41) is 9.13. The van der Waals surface area contributed by atoms with Crippen LogP contribution < -0.4 is 0 Å². The molecule has 0 unspecified atom stereocenters. The van der Waals surface area contributed by atoms with E-state index >= 15 is 0 Å². The number of phenolic OH excluding ortho intramolecular Hbond substituents is 1. The van der Waals surface area contributed by atoms with Crippen LogP contribution in [0.5, 0.6) is 5.75 Å². The van der Waals surface area contributed by atoms with Crippen LogP contribution in [0.2, 0.25) is 0 Å². The SMILES string of the molecule is Cc1cc(CS(=O)(=O)O)ccc1O. The van der Waals surface area contributed by atoms with Gasteiger partial charge in [0, 0.05) is 0 Å². The Morgan fingerprint density at radius 2 is 2.00 bits per heavy atom. The first-order valence-corrected chi connectivity index (χ1v) is 5.23. The Kier molecular flexibility index (Phi) is 2.58. The Morgan fingerprint density at radius 3 is 2.46 bits per heavy atom. The lowest BCUT2D eigenvalue weighted by Crippen LogP contribution is -2.01. The van der Waals surface area contributed by atoms with Gasteiger partial charge in [-0.1, -0.05) is 12.1 Å². The molecule has 0 bridgehead atoms. The van der Waals surface area contributed by atoms with Crippen molar-refractivity contribution in [2.75, 3.05) is 0 Å². The van der Waals surface area contributed by atoms with Crippen molar-refractivity contribution in [3.05, 3.63) is 29.3 Å². The third kappa shape index (κ3) is 3.04. The Balaban J connectivity index is 2.99. The highest BCUT2D eigenvalue weighted by atomic mass is 32.2. The summed E-state index contributed by atoms with van der Waals surface area (Å²) in [5.74, 6) is -0.312. The lowest BCUT2D eigenvalue weighted by molar-refractivity contribution is 0.470. The Hall–Kier alpha value is -1.07. The molecule has 0 heterocycles. The third-order valence-corrected chi connectivity index (χ3v) is 2.31. The molecule has 2 N–H and O–H groups in total. The molecule has 13 heavy (non-hydrogen) atoms. The van der Waals surface area contributed by atoms with Crippen molar-refractivity contribution >= 4 is 10.1 Å². The fourth-order valence-electron chi connectivity index (χ4n) is 1.02. The lowest BCUT2D eigenvalue weighted by atomic mass is 10.1. The van der Waals surface area contributed by atoms with Crippen LogP contribution in [0.3, 0.4) is 0 Å². The Labute approximate surface area is 76.6 Å². The summed E-state index contributed by atoms with van der Waals surface area (Å²) in [5.41, 5.74) is 1.04. The molecular weight excluding hydrogens is 192 g/mol. The van der Waals surface area contributed by atoms with Gasteiger partial charge in [-0.3, -0.25) is 4.55 Å². The molecule has 0 saturated heterocycles. The number of aryl methyl sites for hydroxylation is 1. The molecule has 0 amide bonds. The number of hydrogen-bond donors (Lipinski definition) is 2. The largest absolute Gasteiger partial charge is 0.508 e. The maximum absolute atomic E-state index is 10.5. The predicted molar refractivity (Wildman–Crippen MR) is 48.1 cm³/mol. The topological polar surface area (TPSA) is 74.6 Å². The Morgan fingerprint density at radius 1 is 1.38 bits per heavy atom. The van der Waals surface area contributed by atoms with Crippen LogP contribution in [0, 0.1) is 6.92 Å². The van der Waals surface area contributed by atoms with E-state index in [9.17, 15) is 8.42 Å². The second-order valence-electron chi connectivity index (χ2n) is 2.85. The van der Waals surface area contributed by atoms with Gasteiger partial charge in [0.25, 0.3) is 10.1 Å². The zero-order chi connectivity index (χ0) is 10.1. The van der Waals surface area contributed by atoms with Crippen LogP contribution >= 0.6 is 0 Å². The molecule has 1 aromatic rings. The summed E-state index contributed by atoms with van der Waals surface area (Å²) in [6, 6.07) is 4.37. The highest BCUT2D eigenvalue weighted by Gasteiger charge is 2.07. The summed E-state index contributed by atoms with van der Waals surface area (Å²) in [7, 11) is -3.99. The zero-order valence-electron chi connectivity index (χ0n) is 7.06. The van der Waals surface area contributed by atoms with Gasteiger partial charge < -0.3 is 5.11 Å². The average molecular weight is 202 g/mol. The minimum atomic E-state index is -3.99. The van der Waals surface area contributed by atoms with Gasteiger partial charge in [-0.2, -0.15) is 8.42 Å². The molecule has 1 rings (SSSR count).